The van der Waals surface area contributed by atoms with Crippen molar-refractivity contribution in [1.82, 2.24) is 15.0 Å². The molecule has 3 heteroatoms. The van der Waals surface area contributed by atoms with Crippen molar-refractivity contribution in [2.75, 3.05) is 0 Å². The maximum absolute atomic E-state index is 4.50. The fraction of sp³-hybridized carbons (Fsp3) is 0.125. The predicted octanol–water partition coefficient (Wildman–Crippen LogP) is 3.18. The van der Waals surface area contributed by atoms with Crippen molar-refractivity contribution in [3.8, 4) is 0 Å². The Kier molecular flexibility index (Phi) is 3.36. The monoisotopic (exact) mass is 249 g/mol. The molecule has 94 valence electrons. The van der Waals surface area contributed by atoms with Gasteiger partial charge in [0.1, 0.15) is 0 Å². The van der Waals surface area contributed by atoms with Crippen LogP contribution in [0.25, 0.3) is 0 Å². The lowest BCUT2D eigenvalue weighted by Gasteiger charge is -2.16. The van der Waals surface area contributed by atoms with E-state index >= 15 is 0 Å². The lowest BCUT2D eigenvalue weighted by Crippen LogP contribution is -2.07. The Labute approximate surface area is 112 Å². The number of aromatic amines is 1. The summed E-state index contributed by atoms with van der Waals surface area (Å²) in [5, 5.41) is 0. The van der Waals surface area contributed by atoms with Gasteiger partial charge in [-0.3, -0.25) is 4.98 Å². The predicted molar refractivity (Wildman–Crippen MR) is 74.8 cm³/mol. The Morgan fingerprint density at radius 1 is 1.00 bits per heavy atom. The molecule has 0 aliphatic rings. The van der Waals surface area contributed by atoms with Crippen LogP contribution >= 0.6 is 0 Å². The van der Waals surface area contributed by atoms with E-state index in [9.17, 15) is 0 Å². The summed E-state index contributed by atoms with van der Waals surface area (Å²) in [6.07, 6.45) is 6.31. The van der Waals surface area contributed by atoms with Gasteiger partial charge in [-0.15, -0.1) is 0 Å². The average Bonchev–Trinajstić information content (AvgIpc) is 3.00. The lowest BCUT2D eigenvalue weighted by molar-refractivity contribution is 0.759. The van der Waals surface area contributed by atoms with Crippen LogP contribution in [0.15, 0.2) is 67.3 Å². The summed E-state index contributed by atoms with van der Waals surface area (Å²) in [7, 11) is 0. The van der Waals surface area contributed by atoms with Crippen LogP contribution in [0.4, 0.5) is 0 Å². The Bertz CT molecular complexity index is 564. The van der Waals surface area contributed by atoms with E-state index in [1.165, 1.54) is 5.56 Å². The van der Waals surface area contributed by atoms with E-state index in [0.29, 0.717) is 0 Å². The fourth-order valence-electron chi connectivity index (χ4n) is 2.28. The summed E-state index contributed by atoms with van der Waals surface area (Å²) in [5.74, 6) is 0.253. The van der Waals surface area contributed by atoms with Gasteiger partial charge in [0.25, 0.3) is 0 Å². The minimum Gasteiger partial charge on any atom is -0.348 e. The number of hydrogen-bond donors (Lipinski definition) is 1. The lowest BCUT2D eigenvalue weighted by atomic mass is 9.91. The summed E-state index contributed by atoms with van der Waals surface area (Å²) in [4.78, 5) is 11.8. The molecule has 2 heterocycles. The fourth-order valence-corrected chi connectivity index (χ4v) is 2.28. The first-order valence-corrected chi connectivity index (χ1v) is 6.36. The van der Waals surface area contributed by atoms with Gasteiger partial charge < -0.3 is 4.98 Å². The zero-order valence-corrected chi connectivity index (χ0v) is 10.5. The third-order valence-electron chi connectivity index (χ3n) is 3.23. The molecule has 3 nitrogen and oxygen atoms in total. The first-order chi connectivity index (χ1) is 9.43. The van der Waals surface area contributed by atoms with Crippen molar-refractivity contribution >= 4 is 0 Å². The van der Waals surface area contributed by atoms with Crippen molar-refractivity contribution < 1.29 is 0 Å². The Hall–Kier alpha value is -2.42. The quantitative estimate of drug-likeness (QED) is 0.771. The van der Waals surface area contributed by atoms with Gasteiger partial charge in [-0.1, -0.05) is 36.4 Å². The molecule has 0 aliphatic carbocycles. The molecular formula is C16H15N3. The number of benzene rings is 1. The van der Waals surface area contributed by atoms with Gasteiger partial charge in [0.05, 0.1) is 6.33 Å². The maximum atomic E-state index is 4.50. The molecule has 3 aromatic rings. The van der Waals surface area contributed by atoms with Crippen molar-refractivity contribution in [1.29, 1.82) is 0 Å². The Morgan fingerprint density at radius 2 is 1.84 bits per heavy atom. The normalized spacial score (nSPS) is 12.2. The molecule has 0 fully saturated rings. The van der Waals surface area contributed by atoms with Gasteiger partial charge >= 0.3 is 0 Å². The molecule has 3 rings (SSSR count). The number of hydrogen-bond acceptors (Lipinski definition) is 2. The molecule has 0 aliphatic heterocycles. The number of nitrogens with one attached hydrogen (secondary N) is 1. The zero-order chi connectivity index (χ0) is 12.9. The second kappa shape index (κ2) is 5.48. The minimum absolute atomic E-state index is 0.253. The van der Waals surface area contributed by atoms with Crippen molar-refractivity contribution in [2.45, 2.75) is 12.3 Å². The summed E-state index contributed by atoms with van der Waals surface area (Å²) in [6.45, 7) is 0. The topological polar surface area (TPSA) is 41.6 Å². The van der Waals surface area contributed by atoms with E-state index in [0.717, 1.165) is 17.8 Å². The zero-order valence-electron chi connectivity index (χ0n) is 10.5. The van der Waals surface area contributed by atoms with Gasteiger partial charge in [-0.25, -0.2) is 4.98 Å². The number of nitrogens with zero attached hydrogens (tertiary/aromatic N) is 2. The number of rotatable bonds is 4. The van der Waals surface area contributed by atoms with Crippen molar-refractivity contribution in [3.63, 3.8) is 0 Å². The van der Waals surface area contributed by atoms with Crippen LogP contribution in [0.3, 0.4) is 0 Å². The highest BCUT2D eigenvalue weighted by Crippen LogP contribution is 2.26. The van der Waals surface area contributed by atoms with Gasteiger partial charge in [-0.2, -0.15) is 0 Å². The molecule has 1 unspecified atom stereocenters. The highest BCUT2D eigenvalue weighted by molar-refractivity contribution is 5.30. The summed E-state index contributed by atoms with van der Waals surface area (Å²) in [6, 6.07) is 16.5. The molecular weight excluding hydrogens is 234 g/mol. The molecule has 2 aromatic heterocycles. The van der Waals surface area contributed by atoms with Gasteiger partial charge in [-0.05, 0) is 17.7 Å². The third kappa shape index (κ3) is 2.71. The Balaban J connectivity index is 1.96. The number of pyridine rings is 1. The largest absolute Gasteiger partial charge is 0.348 e. The van der Waals surface area contributed by atoms with Crippen LogP contribution < -0.4 is 0 Å². The summed E-state index contributed by atoms with van der Waals surface area (Å²) < 4.78 is 0. The second-order valence-corrected chi connectivity index (χ2v) is 4.50. The third-order valence-corrected chi connectivity index (χ3v) is 3.23. The Morgan fingerprint density at radius 3 is 2.53 bits per heavy atom. The van der Waals surface area contributed by atoms with Crippen LogP contribution in [0, 0.1) is 0 Å². The van der Waals surface area contributed by atoms with E-state index in [1.54, 1.807) is 6.33 Å². The highest BCUT2D eigenvalue weighted by atomic mass is 14.9. The van der Waals surface area contributed by atoms with Crippen LogP contribution in [-0.2, 0) is 6.42 Å². The van der Waals surface area contributed by atoms with E-state index in [4.69, 9.17) is 0 Å². The molecule has 0 saturated carbocycles. The molecule has 19 heavy (non-hydrogen) atoms. The molecule has 0 spiro atoms. The number of H-pyrrole nitrogens is 1. The van der Waals surface area contributed by atoms with Crippen LogP contribution in [0.5, 0.6) is 0 Å². The first kappa shape index (κ1) is 11.7. The molecule has 0 amide bonds. The van der Waals surface area contributed by atoms with E-state index in [2.05, 4.69) is 45.3 Å². The first-order valence-electron chi connectivity index (χ1n) is 6.36. The smallest absolute Gasteiger partial charge is 0.0921 e. The molecule has 0 radical (unpaired) electrons. The van der Waals surface area contributed by atoms with Gasteiger partial charge in [0, 0.05) is 36.1 Å². The van der Waals surface area contributed by atoms with Gasteiger partial charge in [0.2, 0.25) is 0 Å². The molecule has 1 aromatic carbocycles. The molecule has 1 atom stereocenters. The SMILES string of the molecule is c1ccc(C(Cc2cnc[nH]2)c2ccccn2)cc1. The molecule has 0 saturated heterocycles. The highest BCUT2D eigenvalue weighted by Gasteiger charge is 2.16. The van der Waals surface area contributed by atoms with Crippen LogP contribution in [0.2, 0.25) is 0 Å². The summed E-state index contributed by atoms with van der Waals surface area (Å²) in [5.41, 5.74) is 3.48. The average molecular weight is 249 g/mol. The molecule has 1 N–H and O–H groups in total. The maximum Gasteiger partial charge on any atom is 0.0921 e. The van der Waals surface area contributed by atoms with Crippen molar-refractivity contribution in [3.05, 3.63) is 84.2 Å². The van der Waals surface area contributed by atoms with Crippen LogP contribution in [-0.4, -0.2) is 15.0 Å². The number of imidazole rings is 1. The van der Waals surface area contributed by atoms with E-state index in [-0.39, 0.29) is 5.92 Å². The minimum atomic E-state index is 0.253. The number of aromatic nitrogens is 3. The van der Waals surface area contributed by atoms with Gasteiger partial charge in [0.15, 0.2) is 0 Å². The van der Waals surface area contributed by atoms with Crippen LogP contribution in [0.1, 0.15) is 22.9 Å². The summed E-state index contributed by atoms with van der Waals surface area (Å²) >= 11 is 0. The van der Waals surface area contributed by atoms with Crippen molar-refractivity contribution in [2.24, 2.45) is 0 Å². The second-order valence-electron chi connectivity index (χ2n) is 4.50. The standard InChI is InChI=1S/C16H15N3/c1-2-6-13(7-3-1)15(10-14-11-17-12-19-14)16-8-4-5-9-18-16/h1-9,11-12,15H,10H2,(H,17,19). The molecule has 0 bridgehead atoms. The van der Waals surface area contributed by atoms with E-state index < -0.39 is 0 Å². The van der Waals surface area contributed by atoms with E-state index in [1.807, 2.05) is 30.6 Å².